The number of methoxy groups -OCH3 is 2. The largest absolute Gasteiger partial charge is 0.493 e. The van der Waals surface area contributed by atoms with Crippen LogP contribution in [0.25, 0.3) is 16.6 Å². The van der Waals surface area contributed by atoms with Crippen LogP contribution in [-0.4, -0.2) is 41.6 Å². The van der Waals surface area contributed by atoms with Crippen molar-refractivity contribution < 1.29 is 14.3 Å². The topological polar surface area (TPSA) is 73.7 Å². The molecule has 0 aliphatic carbocycles. The number of benzene rings is 1. The van der Waals surface area contributed by atoms with Crippen molar-refractivity contribution in [3.8, 4) is 11.5 Å². The van der Waals surface area contributed by atoms with Gasteiger partial charge < -0.3 is 14.4 Å². The van der Waals surface area contributed by atoms with Gasteiger partial charge in [0.2, 0.25) is 5.91 Å². The molecule has 0 unspecified atom stereocenters. The van der Waals surface area contributed by atoms with Gasteiger partial charge in [-0.05, 0) is 13.0 Å². The molecule has 1 aromatic carbocycles. The molecule has 1 atom stereocenters. The minimum Gasteiger partial charge on any atom is -0.493 e. The summed E-state index contributed by atoms with van der Waals surface area (Å²) in [5.41, 5.74) is 0.554. The molecule has 0 saturated carbocycles. The Balaban J connectivity index is 2.41. The van der Waals surface area contributed by atoms with Crippen LogP contribution in [0, 0.1) is 0 Å². The van der Waals surface area contributed by atoms with E-state index in [1.807, 2.05) is 0 Å². The first-order valence-electron chi connectivity index (χ1n) is 7.05. The predicted molar refractivity (Wildman–Crippen MR) is 85.6 cm³/mol. The molecular formula is C16H17N3O4. The lowest BCUT2D eigenvalue weighted by atomic mass is 10.1. The van der Waals surface area contributed by atoms with Gasteiger partial charge in [-0.3, -0.25) is 14.2 Å². The fourth-order valence-corrected chi connectivity index (χ4v) is 2.76. The molecule has 7 nitrogen and oxygen atoms in total. The molecule has 1 aromatic heterocycles. The number of fused-ring (bicyclic) bond motifs is 2. The van der Waals surface area contributed by atoms with E-state index >= 15 is 0 Å². The van der Waals surface area contributed by atoms with E-state index in [-0.39, 0.29) is 11.5 Å². The smallest absolute Gasteiger partial charge is 0.262 e. The Morgan fingerprint density at radius 2 is 1.78 bits per heavy atom. The molecular weight excluding hydrogens is 298 g/mol. The highest BCUT2D eigenvalue weighted by Gasteiger charge is 2.33. The van der Waals surface area contributed by atoms with Crippen molar-refractivity contribution in [1.29, 1.82) is 0 Å². The van der Waals surface area contributed by atoms with Crippen molar-refractivity contribution >= 4 is 22.5 Å². The van der Waals surface area contributed by atoms with Crippen molar-refractivity contribution in [2.75, 3.05) is 21.3 Å². The van der Waals surface area contributed by atoms with Gasteiger partial charge in [-0.15, -0.1) is 0 Å². The zero-order valence-electron chi connectivity index (χ0n) is 13.4. The molecule has 1 aliphatic heterocycles. The normalized spacial score (nSPS) is 17.4. The predicted octanol–water partition coefficient (Wildman–Crippen LogP) is 1.42. The number of ether oxygens (including phenoxy) is 2. The highest BCUT2D eigenvalue weighted by molar-refractivity contribution is 5.92. The van der Waals surface area contributed by atoms with Gasteiger partial charge in [0.15, 0.2) is 17.3 Å². The van der Waals surface area contributed by atoms with Crippen molar-refractivity contribution in [1.82, 2.24) is 14.5 Å². The molecule has 0 fully saturated rings. The van der Waals surface area contributed by atoms with Gasteiger partial charge in [0, 0.05) is 13.1 Å². The van der Waals surface area contributed by atoms with Gasteiger partial charge >= 0.3 is 0 Å². The first-order chi connectivity index (χ1) is 10.9. The zero-order valence-corrected chi connectivity index (χ0v) is 13.4. The van der Waals surface area contributed by atoms with Crippen molar-refractivity contribution in [2.24, 2.45) is 0 Å². The average molecular weight is 315 g/mol. The second kappa shape index (κ2) is 5.12. The van der Waals surface area contributed by atoms with Crippen molar-refractivity contribution in [2.45, 2.75) is 13.0 Å². The number of aromatic nitrogens is 2. The molecule has 120 valence electrons. The van der Waals surface area contributed by atoms with Gasteiger partial charge in [0.05, 0.1) is 30.8 Å². The molecule has 0 saturated heterocycles. The fourth-order valence-electron chi connectivity index (χ4n) is 2.76. The Labute approximate surface area is 132 Å². The highest BCUT2D eigenvalue weighted by atomic mass is 16.5. The van der Waals surface area contributed by atoms with E-state index in [0.29, 0.717) is 33.9 Å². The lowest BCUT2D eigenvalue weighted by molar-refractivity contribution is -0.130. The van der Waals surface area contributed by atoms with Crippen LogP contribution in [0.5, 0.6) is 11.5 Å². The molecule has 0 spiro atoms. The zero-order chi connectivity index (χ0) is 16.9. The van der Waals surface area contributed by atoms with E-state index < -0.39 is 6.04 Å². The lowest BCUT2D eigenvalue weighted by Gasteiger charge is -2.32. The van der Waals surface area contributed by atoms with Gasteiger partial charge in [-0.2, -0.15) is 0 Å². The number of nitrogens with zero attached hydrogens (tertiary/aromatic N) is 3. The van der Waals surface area contributed by atoms with E-state index in [9.17, 15) is 9.59 Å². The molecule has 1 aliphatic rings. The van der Waals surface area contributed by atoms with Crippen molar-refractivity contribution in [3.63, 3.8) is 0 Å². The maximum Gasteiger partial charge on any atom is 0.262 e. The Kier molecular flexibility index (Phi) is 3.35. The third kappa shape index (κ3) is 2.00. The van der Waals surface area contributed by atoms with Crippen molar-refractivity contribution in [3.05, 3.63) is 34.9 Å². The Bertz CT molecular complexity index is 900. The number of amides is 1. The molecule has 23 heavy (non-hydrogen) atoms. The minimum absolute atomic E-state index is 0.203. The monoisotopic (exact) mass is 315 g/mol. The molecule has 2 aromatic rings. The average Bonchev–Trinajstić information content (AvgIpc) is 2.56. The first kappa shape index (κ1) is 15.1. The Hall–Kier alpha value is -2.83. The summed E-state index contributed by atoms with van der Waals surface area (Å²) < 4.78 is 11.9. The van der Waals surface area contributed by atoms with E-state index in [0.717, 1.165) is 0 Å². The number of hydrogen-bond donors (Lipinski definition) is 0. The summed E-state index contributed by atoms with van der Waals surface area (Å²) in [5.74, 6) is 1.09. The van der Waals surface area contributed by atoms with Gasteiger partial charge in [0.25, 0.3) is 5.56 Å². The summed E-state index contributed by atoms with van der Waals surface area (Å²) >= 11 is 0. The Morgan fingerprint density at radius 1 is 1.17 bits per heavy atom. The second-order valence-electron chi connectivity index (χ2n) is 5.35. The van der Waals surface area contributed by atoms with Crippen LogP contribution in [0.4, 0.5) is 0 Å². The van der Waals surface area contributed by atoms with Crippen LogP contribution in [-0.2, 0) is 4.79 Å². The van der Waals surface area contributed by atoms with E-state index in [1.54, 1.807) is 26.1 Å². The maximum atomic E-state index is 12.9. The molecule has 2 heterocycles. The van der Waals surface area contributed by atoms with Gasteiger partial charge in [0.1, 0.15) is 6.04 Å². The molecule has 0 N–H and O–H groups in total. The minimum atomic E-state index is -0.641. The molecule has 1 amide bonds. The van der Waals surface area contributed by atoms with E-state index in [1.165, 1.54) is 23.7 Å². The van der Waals surface area contributed by atoms with Crippen LogP contribution < -0.4 is 15.0 Å². The third-order valence-electron chi connectivity index (χ3n) is 4.14. The number of rotatable bonds is 2. The summed E-state index contributed by atoms with van der Waals surface area (Å²) in [5, 5.41) is 0.364. The fraction of sp³-hybridized carbons (Fsp3) is 0.312. The first-order valence-corrected chi connectivity index (χ1v) is 7.05. The maximum absolute atomic E-state index is 12.9. The second-order valence-corrected chi connectivity index (χ2v) is 5.35. The van der Waals surface area contributed by atoms with Crippen LogP contribution >= 0.6 is 0 Å². The highest BCUT2D eigenvalue weighted by Crippen LogP contribution is 2.32. The molecule has 7 heteroatoms. The number of likely N-dealkylation sites (N-methyl/N-ethyl adjacent to an activating group) is 1. The molecule has 0 radical (unpaired) electrons. The summed E-state index contributed by atoms with van der Waals surface area (Å²) in [4.78, 5) is 31.0. The molecule has 3 rings (SSSR count). The summed E-state index contributed by atoms with van der Waals surface area (Å²) in [6.07, 6.45) is 0. The van der Waals surface area contributed by atoms with Crippen LogP contribution in [0.1, 0.15) is 18.8 Å². The summed E-state index contributed by atoms with van der Waals surface area (Å²) in [6, 6.07) is 2.58. The lowest BCUT2D eigenvalue weighted by Crippen LogP contribution is -2.43. The number of hydrogen-bond acceptors (Lipinski definition) is 5. The van der Waals surface area contributed by atoms with Crippen LogP contribution in [0.3, 0.4) is 0 Å². The van der Waals surface area contributed by atoms with E-state index in [4.69, 9.17) is 9.47 Å². The summed E-state index contributed by atoms with van der Waals surface area (Å²) in [6.45, 7) is 5.54. The quantitative estimate of drug-likeness (QED) is 0.838. The van der Waals surface area contributed by atoms with Gasteiger partial charge in [-0.25, -0.2) is 4.98 Å². The number of carbonyl (C=O) groups excluding carboxylic acids is 1. The van der Waals surface area contributed by atoms with Crippen LogP contribution in [0.15, 0.2) is 23.5 Å². The SMILES string of the molecule is C=C1c2nc3cc(OC)c(OC)cc3c(=O)n2[C@@H](C)C(=O)N1C. The number of carbonyl (C=O) groups is 1. The van der Waals surface area contributed by atoms with Gasteiger partial charge in [-0.1, -0.05) is 6.58 Å². The summed E-state index contributed by atoms with van der Waals surface area (Å²) in [7, 11) is 4.63. The Morgan fingerprint density at radius 3 is 2.39 bits per heavy atom. The standard InChI is InChI=1S/C16H17N3O4/c1-8-14-17-11-7-13(23-5)12(22-4)6-10(11)16(21)19(14)9(2)15(20)18(8)3/h6-7,9H,1H2,2-5H3/t9-/m0/s1. The van der Waals surface area contributed by atoms with E-state index in [2.05, 4.69) is 11.6 Å². The third-order valence-corrected chi connectivity index (χ3v) is 4.14. The van der Waals surface area contributed by atoms with Crippen LogP contribution in [0.2, 0.25) is 0 Å². The molecule has 0 bridgehead atoms.